The average molecular weight is 278 g/mol. The summed E-state index contributed by atoms with van der Waals surface area (Å²) in [6.07, 6.45) is -4.56. The molecular weight excluding hydrogens is 269 g/mol. The fourth-order valence-electron chi connectivity index (χ4n) is 1.60. The van der Waals surface area contributed by atoms with Crippen LogP contribution in [0.2, 0.25) is 0 Å². The van der Waals surface area contributed by atoms with Gasteiger partial charge < -0.3 is 5.32 Å². The van der Waals surface area contributed by atoms with Crippen molar-refractivity contribution in [2.24, 2.45) is 0 Å². The van der Waals surface area contributed by atoms with Crippen molar-refractivity contribution in [2.45, 2.75) is 6.18 Å². The van der Waals surface area contributed by atoms with E-state index in [9.17, 15) is 13.2 Å². The van der Waals surface area contributed by atoms with Gasteiger partial charge >= 0.3 is 6.18 Å². The molecule has 0 fully saturated rings. The van der Waals surface area contributed by atoms with Gasteiger partial charge in [-0.3, -0.25) is 0 Å². The van der Waals surface area contributed by atoms with Crippen molar-refractivity contribution in [3.63, 3.8) is 0 Å². The Bertz CT molecular complexity index is 674. The van der Waals surface area contributed by atoms with Crippen LogP contribution in [-0.4, -0.2) is 17.0 Å². The highest BCUT2D eigenvalue weighted by Gasteiger charge is 2.33. The number of nitriles is 1. The Kier molecular flexibility index (Phi) is 3.57. The minimum Gasteiger partial charge on any atom is -0.357 e. The molecule has 2 rings (SSSR count). The van der Waals surface area contributed by atoms with Crippen LogP contribution in [0.15, 0.2) is 30.3 Å². The summed E-state index contributed by atoms with van der Waals surface area (Å²) in [6, 6.07) is 9.00. The molecule has 102 valence electrons. The quantitative estimate of drug-likeness (QED) is 0.917. The Balaban J connectivity index is 2.59. The molecule has 0 saturated carbocycles. The van der Waals surface area contributed by atoms with E-state index in [1.807, 2.05) is 6.07 Å². The van der Waals surface area contributed by atoms with E-state index < -0.39 is 11.9 Å². The summed E-state index contributed by atoms with van der Waals surface area (Å²) in [6.45, 7) is 0. The molecular formula is C13H9F3N4. The van der Waals surface area contributed by atoms with Gasteiger partial charge in [0.05, 0.1) is 17.3 Å². The van der Waals surface area contributed by atoms with Crippen LogP contribution in [0.3, 0.4) is 0 Å². The molecule has 0 aliphatic heterocycles. The molecule has 20 heavy (non-hydrogen) atoms. The van der Waals surface area contributed by atoms with Crippen LogP contribution in [0.25, 0.3) is 11.3 Å². The van der Waals surface area contributed by atoms with Gasteiger partial charge in [-0.2, -0.15) is 18.4 Å². The minimum absolute atomic E-state index is 0.105. The Hall–Kier alpha value is -2.62. The van der Waals surface area contributed by atoms with Gasteiger partial charge in [0.2, 0.25) is 5.95 Å². The number of hydrogen-bond donors (Lipinski definition) is 1. The van der Waals surface area contributed by atoms with Gasteiger partial charge in [0.25, 0.3) is 0 Å². The van der Waals surface area contributed by atoms with Gasteiger partial charge in [0.15, 0.2) is 5.69 Å². The molecule has 1 N–H and O–H groups in total. The number of hydrogen-bond acceptors (Lipinski definition) is 4. The summed E-state index contributed by atoms with van der Waals surface area (Å²) in [5.41, 5.74) is -0.155. The molecule has 7 heteroatoms. The van der Waals surface area contributed by atoms with Crippen molar-refractivity contribution in [2.75, 3.05) is 12.4 Å². The van der Waals surface area contributed by atoms with Crippen LogP contribution in [0.4, 0.5) is 19.1 Å². The van der Waals surface area contributed by atoms with Crippen molar-refractivity contribution in [3.8, 4) is 17.3 Å². The number of benzene rings is 1. The highest BCUT2D eigenvalue weighted by atomic mass is 19.4. The maximum atomic E-state index is 12.8. The molecule has 0 spiro atoms. The number of rotatable bonds is 2. The third-order valence-electron chi connectivity index (χ3n) is 2.53. The molecule has 4 nitrogen and oxygen atoms in total. The first-order valence-corrected chi connectivity index (χ1v) is 5.58. The summed E-state index contributed by atoms with van der Waals surface area (Å²) in [7, 11) is 1.44. The SMILES string of the molecule is CNc1nc(-c2cccc(C#N)c2)cc(C(F)(F)F)n1. The Morgan fingerprint density at radius 1 is 1.20 bits per heavy atom. The third-order valence-corrected chi connectivity index (χ3v) is 2.53. The molecule has 0 atom stereocenters. The van der Waals surface area contributed by atoms with Crippen LogP contribution in [0.5, 0.6) is 0 Å². The second-order valence-corrected chi connectivity index (χ2v) is 3.90. The van der Waals surface area contributed by atoms with Crippen LogP contribution < -0.4 is 5.32 Å². The zero-order chi connectivity index (χ0) is 14.8. The van der Waals surface area contributed by atoms with Gasteiger partial charge in [-0.25, -0.2) is 9.97 Å². The zero-order valence-corrected chi connectivity index (χ0v) is 10.4. The lowest BCUT2D eigenvalue weighted by Crippen LogP contribution is -2.11. The Morgan fingerprint density at radius 3 is 2.55 bits per heavy atom. The third kappa shape index (κ3) is 2.85. The molecule has 0 aliphatic rings. The van der Waals surface area contributed by atoms with E-state index in [0.29, 0.717) is 11.1 Å². The first kappa shape index (κ1) is 13.8. The number of aromatic nitrogens is 2. The van der Waals surface area contributed by atoms with E-state index in [2.05, 4.69) is 15.3 Å². The summed E-state index contributed by atoms with van der Waals surface area (Å²) in [4.78, 5) is 7.36. The number of halogens is 3. The summed E-state index contributed by atoms with van der Waals surface area (Å²) in [5, 5.41) is 11.3. The monoisotopic (exact) mass is 278 g/mol. The molecule has 0 unspecified atom stereocenters. The maximum Gasteiger partial charge on any atom is 0.433 e. The maximum absolute atomic E-state index is 12.8. The second-order valence-electron chi connectivity index (χ2n) is 3.90. The normalized spacial score (nSPS) is 10.9. The number of alkyl halides is 3. The summed E-state index contributed by atoms with van der Waals surface area (Å²) in [5.74, 6) is -0.128. The van der Waals surface area contributed by atoms with Gasteiger partial charge in [-0.1, -0.05) is 12.1 Å². The van der Waals surface area contributed by atoms with Crippen molar-refractivity contribution in [1.82, 2.24) is 9.97 Å². The van der Waals surface area contributed by atoms with Gasteiger partial charge in [0, 0.05) is 12.6 Å². The lowest BCUT2D eigenvalue weighted by atomic mass is 10.1. The smallest absolute Gasteiger partial charge is 0.357 e. The second kappa shape index (κ2) is 5.17. The molecule has 1 aromatic heterocycles. The topological polar surface area (TPSA) is 61.6 Å². The highest BCUT2D eigenvalue weighted by molar-refractivity contribution is 5.63. The number of nitrogens with zero attached hydrogens (tertiary/aromatic N) is 3. The van der Waals surface area contributed by atoms with E-state index in [1.165, 1.54) is 13.1 Å². The van der Waals surface area contributed by atoms with E-state index >= 15 is 0 Å². The van der Waals surface area contributed by atoms with E-state index in [4.69, 9.17) is 5.26 Å². The Morgan fingerprint density at radius 2 is 1.95 bits per heavy atom. The summed E-state index contributed by atoms with van der Waals surface area (Å²) < 4.78 is 38.3. The molecule has 2 aromatic rings. The fraction of sp³-hybridized carbons (Fsp3) is 0.154. The lowest BCUT2D eigenvalue weighted by Gasteiger charge is -2.10. The first-order valence-electron chi connectivity index (χ1n) is 5.58. The zero-order valence-electron chi connectivity index (χ0n) is 10.4. The predicted octanol–water partition coefficient (Wildman–Crippen LogP) is 3.08. The number of nitrogens with one attached hydrogen (secondary N) is 1. The van der Waals surface area contributed by atoms with Crippen molar-refractivity contribution < 1.29 is 13.2 Å². The minimum atomic E-state index is -4.56. The van der Waals surface area contributed by atoms with Crippen molar-refractivity contribution in [1.29, 1.82) is 5.26 Å². The van der Waals surface area contributed by atoms with E-state index in [-0.39, 0.29) is 11.6 Å². The van der Waals surface area contributed by atoms with Gasteiger partial charge in [-0.05, 0) is 18.2 Å². The molecule has 1 aromatic carbocycles. The molecule has 0 radical (unpaired) electrons. The van der Waals surface area contributed by atoms with Gasteiger partial charge in [-0.15, -0.1) is 0 Å². The van der Waals surface area contributed by atoms with Crippen LogP contribution in [0, 0.1) is 11.3 Å². The van der Waals surface area contributed by atoms with Crippen LogP contribution in [0.1, 0.15) is 11.3 Å². The van der Waals surface area contributed by atoms with Crippen LogP contribution >= 0.6 is 0 Å². The lowest BCUT2D eigenvalue weighted by molar-refractivity contribution is -0.141. The van der Waals surface area contributed by atoms with E-state index in [0.717, 1.165) is 6.07 Å². The van der Waals surface area contributed by atoms with Crippen molar-refractivity contribution >= 4 is 5.95 Å². The molecule has 1 heterocycles. The predicted molar refractivity (Wildman–Crippen MR) is 66.7 cm³/mol. The van der Waals surface area contributed by atoms with Gasteiger partial charge in [0.1, 0.15) is 0 Å². The average Bonchev–Trinajstić information content (AvgIpc) is 2.46. The summed E-state index contributed by atoms with van der Waals surface area (Å²) >= 11 is 0. The molecule has 0 saturated heterocycles. The standard InChI is InChI=1S/C13H9F3N4/c1-18-12-19-10(6-11(20-12)13(14,15)16)9-4-2-3-8(5-9)7-17/h2-6H,1H3,(H,18,19,20). The largest absolute Gasteiger partial charge is 0.433 e. The molecule has 0 aliphatic carbocycles. The van der Waals surface area contributed by atoms with Crippen LogP contribution in [-0.2, 0) is 6.18 Å². The van der Waals surface area contributed by atoms with E-state index in [1.54, 1.807) is 18.2 Å². The molecule has 0 amide bonds. The fourth-order valence-corrected chi connectivity index (χ4v) is 1.60. The highest BCUT2D eigenvalue weighted by Crippen LogP contribution is 2.31. The Labute approximate surface area is 112 Å². The number of anilines is 1. The first-order chi connectivity index (χ1) is 9.44. The molecule has 0 bridgehead atoms. The van der Waals surface area contributed by atoms with Crippen molar-refractivity contribution in [3.05, 3.63) is 41.6 Å².